The topological polar surface area (TPSA) is 50.4 Å². The second kappa shape index (κ2) is 3.86. The van der Waals surface area contributed by atoms with Crippen molar-refractivity contribution in [2.75, 3.05) is 0 Å². The molecule has 1 rings (SSSR count). The molecule has 78 valence electrons. The average Bonchev–Trinajstić information content (AvgIpc) is 2.10. The second-order valence-corrected chi connectivity index (χ2v) is 4.01. The Kier molecular flexibility index (Phi) is 2.99. The summed E-state index contributed by atoms with van der Waals surface area (Å²) in [7, 11) is 0. The molecule has 3 nitrogen and oxygen atoms in total. The van der Waals surface area contributed by atoms with Gasteiger partial charge < -0.3 is 9.52 Å². The van der Waals surface area contributed by atoms with E-state index in [-0.39, 0.29) is 11.3 Å². The van der Waals surface area contributed by atoms with E-state index >= 15 is 0 Å². The van der Waals surface area contributed by atoms with Crippen LogP contribution in [0, 0.1) is 19.8 Å². The van der Waals surface area contributed by atoms with Crippen molar-refractivity contribution in [1.29, 1.82) is 0 Å². The zero-order chi connectivity index (χ0) is 10.9. The van der Waals surface area contributed by atoms with Crippen LogP contribution in [0.1, 0.15) is 30.7 Å². The summed E-state index contributed by atoms with van der Waals surface area (Å²) in [6, 6.07) is 0. The van der Waals surface area contributed by atoms with Crippen molar-refractivity contribution in [3.05, 3.63) is 27.3 Å². The molecule has 0 aliphatic rings. The highest BCUT2D eigenvalue weighted by Gasteiger charge is 2.13. The van der Waals surface area contributed by atoms with Crippen molar-refractivity contribution in [3.8, 4) is 5.75 Å². The van der Waals surface area contributed by atoms with E-state index in [0.29, 0.717) is 23.7 Å². The molecule has 0 atom stereocenters. The highest BCUT2D eigenvalue weighted by Crippen LogP contribution is 2.23. The molecule has 0 amide bonds. The van der Waals surface area contributed by atoms with Crippen LogP contribution in [-0.4, -0.2) is 5.11 Å². The van der Waals surface area contributed by atoms with Crippen LogP contribution in [0.3, 0.4) is 0 Å². The Hall–Kier alpha value is -1.25. The molecule has 0 unspecified atom stereocenters. The summed E-state index contributed by atoms with van der Waals surface area (Å²) < 4.78 is 5.11. The maximum Gasteiger partial charge on any atom is 0.342 e. The van der Waals surface area contributed by atoms with Crippen molar-refractivity contribution >= 4 is 0 Å². The van der Waals surface area contributed by atoms with E-state index < -0.39 is 5.63 Å². The van der Waals surface area contributed by atoms with Gasteiger partial charge in [0.25, 0.3) is 0 Å². The van der Waals surface area contributed by atoms with Crippen LogP contribution < -0.4 is 5.63 Å². The lowest BCUT2D eigenvalue weighted by Gasteiger charge is -2.09. The normalized spacial score (nSPS) is 10.9. The molecule has 0 spiro atoms. The largest absolute Gasteiger partial charge is 0.507 e. The predicted octanol–water partition coefficient (Wildman–Crippen LogP) is 2.16. The number of hydrogen-bond donors (Lipinski definition) is 1. The molecule has 14 heavy (non-hydrogen) atoms. The lowest BCUT2D eigenvalue weighted by Crippen LogP contribution is -2.09. The Morgan fingerprint density at radius 2 is 1.86 bits per heavy atom. The summed E-state index contributed by atoms with van der Waals surface area (Å²) in [5.74, 6) is 1.06. The molecule has 0 saturated heterocycles. The standard InChI is InChI=1S/C11H16O3/c1-6(2)5-9-7(3)10(12)8(4)11(13)14-9/h6,12H,5H2,1-4H3. The molecule has 3 heteroatoms. The minimum Gasteiger partial charge on any atom is -0.507 e. The van der Waals surface area contributed by atoms with Crippen LogP contribution in [-0.2, 0) is 6.42 Å². The van der Waals surface area contributed by atoms with Gasteiger partial charge in [0.15, 0.2) is 0 Å². The molecule has 0 fully saturated rings. The molecule has 0 aliphatic heterocycles. The summed E-state index contributed by atoms with van der Waals surface area (Å²) >= 11 is 0. The summed E-state index contributed by atoms with van der Waals surface area (Å²) in [5, 5.41) is 9.62. The fraction of sp³-hybridized carbons (Fsp3) is 0.545. The lowest BCUT2D eigenvalue weighted by molar-refractivity contribution is 0.395. The number of hydrogen-bond acceptors (Lipinski definition) is 3. The zero-order valence-electron chi connectivity index (χ0n) is 9.05. The smallest absolute Gasteiger partial charge is 0.342 e. The third-order valence-electron chi connectivity index (χ3n) is 2.24. The van der Waals surface area contributed by atoms with E-state index in [1.54, 1.807) is 13.8 Å². The number of aromatic hydroxyl groups is 1. The van der Waals surface area contributed by atoms with Crippen LogP contribution in [0.4, 0.5) is 0 Å². The van der Waals surface area contributed by atoms with Gasteiger partial charge in [-0.05, 0) is 19.8 Å². The van der Waals surface area contributed by atoms with Crippen molar-refractivity contribution in [2.24, 2.45) is 5.92 Å². The highest BCUT2D eigenvalue weighted by molar-refractivity contribution is 5.38. The fourth-order valence-electron chi connectivity index (χ4n) is 1.34. The van der Waals surface area contributed by atoms with E-state index in [1.807, 2.05) is 13.8 Å². The molecule has 0 aromatic carbocycles. The molecule has 1 heterocycles. The summed E-state index contributed by atoms with van der Waals surface area (Å²) in [6.07, 6.45) is 0.676. The lowest BCUT2D eigenvalue weighted by atomic mass is 10.0. The Labute approximate surface area is 83.4 Å². The Morgan fingerprint density at radius 1 is 1.29 bits per heavy atom. The molecule has 1 aromatic rings. The van der Waals surface area contributed by atoms with E-state index in [1.165, 1.54) is 0 Å². The first-order valence-corrected chi connectivity index (χ1v) is 4.75. The van der Waals surface area contributed by atoms with Crippen LogP contribution in [0.25, 0.3) is 0 Å². The predicted molar refractivity (Wildman–Crippen MR) is 54.7 cm³/mol. The van der Waals surface area contributed by atoms with Gasteiger partial charge in [-0.3, -0.25) is 0 Å². The second-order valence-electron chi connectivity index (χ2n) is 4.01. The average molecular weight is 196 g/mol. The van der Waals surface area contributed by atoms with E-state index in [0.717, 1.165) is 0 Å². The first kappa shape index (κ1) is 10.8. The van der Waals surface area contributed by atoms with Crippen LogP contribution in [0.15, 0.2) is 9.21 Å². The molecule has 0 bridgehead atoms. The van der Waals surface area contributed by atoms with Gasteiger partial charge in [0.2, 0.25) is 0 Å². The Balaban J connectivity index is 3.26. The first-order chi connectivity index (χ1) is 6.43. The molecule has 1 N–H and O–H groups in total. The van der Waals surface area contributed by atoms with Gasteiger partial charge in [0.05, 0.1) is 5.56 Å². The van der Waals surface area contributed by atoms with E-state index in [4.69, 9.17) is 4.42 Å². The minimum absolute atomic E-state index is 0.0666. The summed E-state index contributed by atoms with van der Waals surface area (Å²) in [5.41, 5.74) is 0.523. The van der Waals surface area contributed by atoms with Crippen LogP contribution in [0.2, 0.25) is 0 Å². The van der Waals surface area contributed by atoms with E-state index in [9.17, 15) is 9.90 Å². The zero-order valence-corrected chi connectivity index (χ0v) is 9.05. The summed E-state index contributed by atoms with van der Waals surface area (Å²) in [4.78, 5) is 11.3. The minimum atomic E-state index is -0.441. The molecule has 0 aliphatic carbocycles. The Bertz CT molecular complexity index is 388. The Morgan fingerprint density at radius 3 is 2.36 bits per heavy atom. The van der Waals surface area contributed by atoms with Gasteiger partial charge in [-0.15, -0.1) is 0 Å². The van der Waals surface area contributed by atoms with Crippen molar-refractivity contribution in [3.63, 3.8) is 0 Å². The molecule has 0 saturated carbocycles. The molecular formula is C11H16O3. The fourth-order valence-corrected chi connectivity index (χ4v) is 1.34. The number of rotatable bonds is 2. The first-order valence-electron chi connectivity index (χ1n) is 4.75. The van der Waals surface area contributed by atoms with E-state index in [2.05, 4.69) is 0 Å². The maximum absolute atomic E-state index is 11.3. The molecular weight excluding hydrogens is 180 g/mol. The van der Waals surface area contributed by atoms with Crippen molar-refractivity contribution < 1.29 is 9.52 Å². The highest BCUT2D eigenvalue weighted by atomic mass is 16.4. The SMILES string of the molecule is Cc1c(CC(C)C)oc(=O)c(C)c1O. The van der Waals surface area contributed by atoms with Gasteiger partial charge in [-0.2, -0.15) is 0 Å². The van der Waals surface area contributed by atoms with Gasteiger partial charge in [0, 0.05) is 12.0 Å². The van der Waals surface area contributed by atoms with Crippen LogP contribution in [0.5, 0.6) is 5.75 Å². The van der Waals surface area contributed by atoms with Crippen molar-refractivity contribution in [1.82, 2.24) is 0 Å². The van der Waals surface area contributed by atoms with Gasteiger partial charge in [-0.1, -0.05) is 13.8 Å². The quantitative estimate of drug-likeness (QED) is 0.788. The van der Waals surface area contributed by atoms with Gasteiger partial charge in [0.1, 0.15) is 11.5 Å². The monoisotopic (exact) mass is 196 g/mol. The van der Waals surface area contributed by atoms with Crippen molar-refractivity contribution in [2.45, 2.75) is 34.1 Å². The molecule has 1 aromatic heterocycles. The maximum atomic E-state index is 11.3. The van der Waals surface area contributed by atoms with Gasteiger partial charge >= 0.3 is 5.63 Å². The van der Waals surface area contributed by atoms with Gasteiger partial charge in [-0.25, -0.2) is 4.79 Å². The third kappa shape index (κ3) is 1.97. The molecule has 0 radical (unpaired) electrons. The van der Waals surface area contributed by atoms with Crippen LogP contribution >= 0.6 is 0 Å². The summed E-state index contributed by atoms with van der Waals surface area (Å²) in [6.45, 7) is 7.41. The third-order valence-corrected chi connectivity index (χ3v) is 2.24.